The third-order valence-electron chi connectivity index (χ3n) is 11.2. The van der Waals surface area contributed by atoms with Gasteiger partial charge in [0, 0.05) is 16.9 Å². The molecule has 0 saturated carbocycles. The van der Waals surface area contributed by atoms with Gasteiger partial charge in [-0.2, -0.15) is 0 Å². The Morgan fingerprint density at radius 2 is 0.929 bits per heavy atom. The Hall–Kier alpha value is -7.29. The van der Waals surface area contributed by atoms with Crippen LogP contribution >= 0.6 is 0 Å². The van der Waals surface area contributed by atoms with Crippen molar-refractivity contribution in [1.29, 1.82) is 0 Å². The van der Waals surface area contributed by atoms with E-state index in [1.807, 2.05) is 6.20 Å². The minimum Gasteiger partial charge on any atom is -0.308 e. The molecule has 264 valence electrons. The van der Waals surface area contributed by atoms with Crippen molar-refractivity contribution in [2.45, 2.75) is 6.92 Å². The minimum absolute atomic E-state index is 0.968. The van der Waals surface area contributed by atoms with Crippen LogP contribution in [0.3, 0.4) is 0 Å². The number of aryl methyl sites for hydroxylation is 1. The second-order valence-electron chi connectivity index (χ2n) is 14.4. The Morgan fingerprint density at radius 3 is 1.54 bits per heavy atom. The molecule has 2 nitrogen and oxygen atoms in total. The molecule has 56 heavy (non-hydrogen) atoms. The lowest BCUT2D eigenvalue weighted by atomic mass is 9.82. The number of hydrogen-bond donors (Lipinski definition) is 0. The van der Waals surface area contributed by atoms with Crippen molar-refractivity contribution in [2.75, 3.05) is 4.90 Å². The fourth-order valence-electron chi connectivity index (χ4n) is 8.85. The highest BCUT2D eigenvalue weighted by molar-refractivity contribution is 6.28. The van der Waals surface area contributed by atoms with E-state index < -0.39 is 0 Å². The molecule has 0 atom stereocenters. The highest BCUT2D eigenvalue weighted by atomic mass is 15.2. The Bertz CT molecular complexity index is 2870. The van der Waals surface area contributed by atoms with Crippen LogP contribution in [0.2, 0.25) is 0 Å². The van der Waals surface area contributed by atoms with Gasteiger partial charge in [-0.1, -0.05) is 170 Å². The van der Waals surface area contributed by atoms with Gasteiger partial charge in [0.2, 0.25) is 0 Å². The molecule has 0 bridgehead atoms. The molecule has 0 aliphatic heterocycles. The fourth-order valence-corrected chi connectivity index (χ4v) is 8.85. The van der Waals surface area contributed by atoms with Gasteiger partial charge in [-0.15, -0.1) is 0 Å². The van der Waals surface area contributed by atoms with Crippen LogP contribution < -0.4 is 4.90 Å². The maximum atomic E-state index is 4.28. The molecule has 0 heterocycles. The quantitative estimate of drug-likeness (QED) is 0.143. The molecule has 9 aromatic rings. The number of hydrogen-bond acceptors (Lipinski definition) is 2. The van der Waals surface area contributed by atoms with E-state index in [-0.39, 0.29) is 0 Å². The van der Waals surface area contributed by atoms with E-state index in [0.717, 1.165) is 22.6 Å². The van der Waals surface area contributed by atoms with Crippen LogP contribution in [0.15, 0.2) is 205 Å². The summed E-state index contributed by atoms with van der Waals surface area (Å²) in [5.74, 6) is 0. The van der Waals surface area contributed by atoms with Crippen LogP contribution in [-0.4, -0.2) is 6.72 Å². The Balaban J connectivity index is 1.17. The zero-order chi connectivity index (χ0) is 37.6. The Kier molecular flexibility index (Phi) is 8.23. The maximum Gasteiger partial charge on any atom is 0.0719 e. The van der Waals surface area contributed by atoms with E-state index in [1.54, 1.807) is 0 Å². The van der Waals surface area contributed by atoms with Crippen LogP contribution in [0.25, 0.3) is 82.9 Å². The molecule has 0 spiro atoms. The minimum atomic E-state index is 0.968. The van der Waals surface area contributed by atoms with Crippen molar-refractivity contribution in [3.8, 4) is 55.6 Å². The summed E-state index contributed by atoms with van der Waals surface area (Å²) in [6.45, 7) is 5.99. The molecule has 0 aromatic heterocycles. The number of nitrogens with zero attached hydrogens (tertiary/aromatic N) is 2. The molecule has 2 heteroatoms. The molecular weight excluding hydrogens is 677 g/mol. The standard InChI is InChI=1S/C54H38N2/c1-36-17-12-13-24-42(36)49(35-55-2)56(40-22-10-5-11-23-40)41-31-29-37(30-32-41)43-33-34-48-52-44(43)27-16-28-47(52)53-50(38-18-6-3-7-19-38)45-25-14-15-26-46(45)51(54(48)53)39-20-8-4-9-21-39/h3-35H,2H2,1H3/b49-35+. The third kappa shape index (κ3) is 5.38. The molecular formula is C54H38N2. The number of rotatable bonds is 8. The number of aliphatic imine (C=N–C) groups is 1. The smallest absolute Gasteiger partial charge is 0.0719 e. The average molecular weight is 715 g/mol. The Morgan fingerprint density at radius 1 is 0.429 bits per heavy atom. The molecule has 9 aromatic carbocycles. The summed E-state index contributed by atoms with van der Waals surface area (Å²) >= 11 is 0. The largest absolute Gasteiger partial charge is 0.308 e. The van der Waals surface area contributed by atoms with Crippen LogP contribution in [0, 0.1) is 6.92 Å². The second-order valence-corrected chi connectivity index (χ2v) is 14.4. The lowest BCUT2D eigenvalue weighted by molar-refractivity contribution is 1.26. The Labute approximate surface area is 328 Å². The van der Waals surface area contributed by atoms with Gasteiger partial charge in [0.1, 0.15) is 0 Å². The first-order valence-corrected chi connectivity index (χ1v) is 19.1. The predicted molar refractivity (Wildman–Crippen MR) is 239 cm³/mol. The second kappa shape index (κ2) is 13.8. The van der Waals surface area contributed by atoms with Crippen molar-refractivity contribution in [1.82, 2.24) is 0 Å². The van der Waals surface area contributed by atoms with Gasteiger partial charge in [0.05, 0.1) is 11.9 Å². The summed E-state index contributed by atoms with van der Waals surface area (Å²) in [5, 5.41) is 5.10. The maximum absolute atomic E-state index is 4.28. The summed E-state index contributed by atoms with van der Waals surface area (Å²) < 4.78 is 0. The SMILES string of the molecule is C=N/C=C(\c1ccccc1C)N(c1ccccc1)c1ccc(-c2ccc3c4c(cccc24)-c2c-3c(-c3ccccc3)c3ccccc3c2-c2ccccc2)cc1. The van der Waals surface area contributed by atoms with E-state index in [4.69, 9.17) is 0 Å². The van der Waals surface area contributed by atoms with Gasteiger partial charge < -0.3 is 4.90 Å². The van der Waals surface area contributed by atoms with Crippen molar-refractivity contribution in [2.24, 2.45) is 4.99 Å². The number of anilines is 2. The van der Waals surface area contributed by atoms with Crippen LogP contribution in [-0.2, 0) is 0 Å². The van der Waals surface area contributed by atoms with E-state index in [1.165, 1.54) is 82.7 Å². The summed E-state index contributed by atoms with van der Waals surface area (Å²) in [5.41, 5.74) is 18.0. The van der Waals surface area contributed by atoms with Gasteiger partial charge >= 0.3 is 0 Å². The lowest BCUT2D eigenvalue weighted by Crippen LogP contribution is -2.16. The number of para-hydroxylation sites is 1. The molecule has 0 amide bonds. The molecule has 1 aliphatic rings. The predicted octanol–water partition coefficient (Wildman–Crippen LogP) is 14.8. The van der Waals surface area contributed by atoms with E-state index >= 15 is 0 Å². The fraction of sp³-hybridized carbons (Fsp3) is 0.0185. The first kappa shape index (κ1) is 33.3. The lowest BCUT2D eigenvalue weighted by Gasteiger charge is -2.28. The third-order valence-corrected chi connectivity index (χ3v) is 11.2. The molecule has 0 fully saturated rings. The summed E-state index contributed by atoms with van der Waals surface area (Å²) in [4.78, 5) is 6.55. The summed E-state index contributed by atoms with van der Waals surface area (Å²) in [6.07, 6.45) is 1.86. The van der Waals surface area contributed by atoms with Crippen molar-refractivity contribution in [3.05, 3.63) is 211 Å². The van der Waals surface area contributed by atoms with E-state index in [2.05, 4.69) is 218 Å². The zero-order valence-electron chi connectivity index (χ0n) is 31.2. The summed E-state index contributed by atoms with van der Waals surface area (Å²) in [7, 11) is 0. The van der Waals surface area contributed by atoms with Crippen molar-refractivity contribution >= 4 is 45.3 Å². The molecule has 10 rings (SSSR count). The van der Waals surface area contributed by atoms with Crippen molar-refractivity contribution < 1.29 is 0 Å². The van der Waals surface area contributed by atoms with Crippen molar-refractivity contribution in [3.63, 3.8) is 0 Å². The number of fused-ring (bicyclic) bond motifs is 4. The van der Waals surface area contributed by atoms with Gasteiger partial charge in [-0.25, -0.2) is 0 Å². The van der Waals surface area contributed by atoms with Gasteiger partial charge in [0.25, 0.3) is 0 Å². The monoisotopic (exact) mass is 714 g/mol. The van der Waals surface area contributed by atoms with Gasteiger partial charge in [0.15, 0.2) is 0 Å². The molecule has 0 N–H and O–H groups in total. The highest BCUT2D eigenvalue weighted by Gasteiger charge is 2.31. The van der Waals surface area contributed by atoms with Crippen LogP contribution in [0.1, 0.15) is 11.1 Å². The molecule has 0 radical (unpaired) electrons. The van der Waals surface area contributed by atoms with Gasteiger partial charge in [-0.3, -0.25) is 4.99 Å². The first-order chi connectivity index (χ1) is 27.7. The number of benzene rings is 9. The van der Waals surface area contributed by atoms with Crippen LogP contribution in [0.5, 0.6) is 0 Å². The topological polar surface area (TPSA) is 15.6 Å². The molecule has 1 aliphatic carbocycles. The van der Waals surface area contributed by atoms with E-state index in [9.17, 15) is 0 Å². The average Bonchev–Trinajstić information content (AvgIpc) is 3.59. The van der Waals surface area contributed by atoms with Crippen LogP contribution in [0.4, 0.5) is 11.4 Å². The van der Waals surface area contributed by atoms with E-state index in [0.29, 0.717) is 0 Å². The zero-order valence-corrected chi connectivity index (χ0v) is 31.2. The summed E-state index contributed by atoms with van der Waals surface area (Å²) in [6, 6.07) is 70.2. The van der Waals surface area contributed by atoms with Gasteiger partial charge in [-0.05, 0) is 121 Å². The molecule has 0 unspecified atom stereocenters. The highest BCUT2D eigenvalue weighted by Crippen LogP contribution is 2.58. The first-order valence-electron chi connectivity index (χ1n) is 19.1. The normalized spacial score (nSPS) is 11.8. The molecule has 0 saturated heterocycles.